The molecule has 0 fully saturated rings. The van der Waals surface area contributed by atoms with Crippen molar-refractivity contribution in [2.45, 2.75) is 25.9 Å². The molecule has 0 aliphatic carbocycles. The fourth-order valence-corrected chi connectivity index (χ4v) is 1.79. The summed E-state index contributed by atoms with van der Waals surface area (Å²) in [6, 6.07) is 6.49. The molecule has 0 saturated heterocycles. The predicted octanol–water partition coefficient (Wildman–Crippen LogP) is 2.07. The minimum atomic E-state index is 0. The summed E-state index contributed by atoms with van der Waals surface area (Å²) < 4.78 is 5.35. The molecule has 98 valence electrons. The van der Waals surface area contributed by atoms with Gasteiger partial charge in [0.1, 0.15) is 5.75 Å². The average Bonchev–Trinajstić information content (AvgIpc) is 2.16. The minimum Gasteiger partial charge on any atom is -0.496 e. The number of ether oxygens (including phenoxy) is 1. The zero-order valence-corrected chi connectivity index (χ0v) is 11.9. The van der Waals surface area contributed by atoms with E-state index in [1.165, 1.54) is 11.1 Å². The van der Waals surface area contributed by atoms with E-state index >= 15 is 0 Å². The third-order valence-electron chi connectivity index (χ3n) is 2.39. The molecule has 0 aliphatic heterocycles. The van der Waals surface area contributed by atoms with Crippen LogP contribution in [0.5, 0.6) is 5.75 Å². The van der Waals surface area contributed by atoms with Gasteiger partial charge in [0.15, 0.2) is 0 Å². The van der Waals surface area contributed by atoms with Crippen LogP contribution in [0.4, 0.5) is 0 Å². The maximum atomic E-state index is 5.80. The number of rotatable bonds is 5. The smallest absolute Gasteiger partial charge is 0.123 e. The molecule has 4 heteroatoms. The van der Waals surface area contributed by atoms with Crippen LogP contribution in [0.1, 0.15) is 18.1 Å². The molecule has 1 rings (SSSR count). The lowest BCUT2D eigenvalue weighted by atomic mass is 10.0. The summed E-state index contributed by atoms with van der Waals surface area (Å²) in [6.45, 7) is 2.91. The van der Waals surface area contributed by atoms with Gasteiger partial charge in [0.05, 0.1) is 7.11 Å². The first-order chi connectivity index (χ1) is 7.52. The highest BCUT2D eigenvalue weighted by Gasteiger charge is 2.06. The van der Waals surface area contributed by atoms with Gasteiger partial charge in [-0.25, -0.2) is 0 Å². The number of benzene rings is 1. The van der Waals surface area contributed by atoms with Crippen molar-refractivity contribution in [2.24, 2.45) is 5.73 Å². The first-order valence-corrected chi connectivity index (χ1v) is 5.59. The van der Waals surface area contributed by atoms with Crippen LogP contribution < -0.4 is 10.5 Å². The highest BCUT2D eigenvalue weighted by molar-refractivity contribution is 5.85. The van der Waals surface area contributed by atoms with Gasteiger partial charge in [-0.15, -0.1) is 12.4 Å². The van der Waals surface area contributed by atoms with E-state index in [4.69, 9.17) is 10.5 Å². The first-order valence-electron chi connectivity index (χ1n) is 5.59. The summed E-state index contributed by atoms with van der Waals surface area (Å²) in [6.07, 6.45) is 0.907. The molecule has 1 atom stereocenters. The van der Waals surface area contributed by atoms with Crippen molar-refractivity contribution < 1.29 is 4.74 Å². The van der Waals surface area contributed by atoms with E-state index in [9.17, 15) is 0 Å². The van der Waals surface area contributed by atoms with Gasteiger partial charge in [-0.2, -0.15) is 0 Å². The van der Waals surface area contributed by atoms with Crippen molar-refractivity contribution in [3.05, 3.63) is 29.3 Å². The lowest BCUT2D eigenvalue weighted by Gasteiger charge is -2.15. The van der Waals surface area contributed by atoms with Gasteiger partial charge < -0.3 is 15.4 Å². The molecule has 17 heavy (non-hydrogen) atoms. The van der Waals surface area contributed by atoms with E-state index in [1.807, 2.05) is 13.0 Å². The Labute approximate surface area is 110 Å². The first kappa shape index (κ1) is 16.2. The molecule has 0 heterocycles. The molecule has 0 spiro atoms. The molecule has 2 N–H and O–H groups in total. The van der Waals surface area contributed by atoms with Gasteiger partial charge in [-0.05, 0) is 39.1 Å². The van der Waals surface area contributed by atoms with E-state index < -0.39 is 0 Å². The second-order valence-electron chi connectivity index (χ2n) is 4.57. The lowest BCUT2D eigenvalue weighted by molar-refractivity contribution is 0.371. The quantitative estimate of drug-likeness (QED) is 0.879. The monoisotopic (exact) mass is 258 g/mol. The molecule has 0 radical (unpaired) electrons. The number of hydrogen-bond donors (Lipinski definition) is 1. The van der Waals surface area contributed by atoms with E-state index in [2.05, 4.69) is 31.1 Å². The number of nitrogens with two attached hydrogens (primary N) is 1. The summed E-state index contributed by atoms with van der Waals surface area (Å²) in [5.41, 5.74) is 8.29. The van der Waals surface area contributed by atoms with Gasteiger partial charge in [-0.1, -0.05) is 12.1 Å². The van der Waals surface area contributed by atoms with E-state index in [0.29, 0.717) is 0 Å². The zero-order chi connectivity index (χ0) is 12.1. The third-order valence-corrected chi connectivity index (χ3v) is 2.39. The van der Waals surface area contributed by atoms with Gasteiger partial charge in [0, 0.05) is 18.2 Å². The van der Waals surface area contributed by atoms with Crippen molar-refractivity contribution in [1.82, 2.24) is 4.90 Å². The molecule has 0 aliphatic rings. The summed E-state index contributed by atoms with van der Waals surface area (Å²) in [7, 11) is 5.81. The number of methoxy groups -OCH3 is 1. The molecule has 3 nitrogen and oxygen atoms in total. The molecule has 1 unspecified atom stereocenters. The fraction of sp³-hybridized carbons (Fsp3) is 0.538. The van der Waals surface area contributed by atoms with Gasteiger partial charge in [0.25, 0.3) is 0 Å². The van der Waals surface area contributed by atoms with Crippen molar-refractivity contribution in [3.8, 4) is 5.75 Å². The Morgan fingerprint density at radius 1 is 1.35 bits per heavy atom. The highest BCUT2D eigenvalue weighted by Crippen LogP contribution is 2.21. The zero-order valence-electron chi connectivity index (χ0n) is 11.1. The maximum Gasteiger partial charge on any atom is 0.123 e. The van der Waals surface area contributed by atoms with Gasteiger partial charge in [0.2, 0.25) is 0 Å². The van der Waals surface area contributed by atoms with Gasteiger partial charge >= 0.3 is 0 Å². The van der Waals surface area contributed by atoms with Crippen LogP contribution >= 0.6 is 12.4 Å². The number of nitrogens with zero attached hydrogens (tertiary/aromatic N) is 1. The van der Waals surface area contributed by atoms with Crippen molar-refractivity contribution >= 4 is 12.4 Å². The average molecular weight is 259 g/mol. The Morgan fingerprint density at radius 2 is 2.00 bits per heavy atom. The molecule has 1 aromatic carbocycles. The van der Waals surface area contributed by atoms with Crippen LogP contribution in [0, 0.1) is 0 Å². The third kappa shape index (κ3) is 5.39. The topological polar surface area (TPSA) is 38.5 Å². The van der Waals surface area contributed by atoms with Crippen molar-refractivity contribution in [2.75, 3.05) is 21.2 Å². The van der Waals surface area contributed by atoms with Crippen molar-refractivity contribution in [3.63, 3.8) is 0 Å². The predicted molar refractivity (Wildman–Crippen MR) is 75.0 cm³/mol. The van der Waals surface area contributed by atoms with Crippen LogP contribution in [0.15, 0.2) is 18.2 Å². The Balaban J connectivity index is 0.00000256. The summed E-state index contributed by atoms with van der Waals surface area (Å²) in [5.74, 6) is 0.946. The Hall–Kier alpha value is -0.770. The normalized spacial score (nSPS) is 12.1. The molecular formula is C13H23ClN2O. The summed E-state index contributed by atoms with van der Waals surface area (Å²) >= 11 is 0. The molecule has 1 aromatic rings. The number of hydrogen-bond acceptors (Lipinski definition) is 3. The van der Waals surface area contributed by atoms with E-state index in [0.717, 1.165) is 18.7 Å². The lowest BCUT2D eigenvalue weighted by Crippen LogP contribution is -2.18. The minimum absolute atomic E-state index is 0. The second kappa shape index (κ2) is 7.54. The van der Waals surface area contributed by atoms with E-state index in [1.54, 1.807) is 7.11 Å². The highest BCUT2D eigenvalue weighted by atomic mass is 35.5. The second-order valence-corrected chi connectivity index (χ2v) is 4.57. The molecule has 0 amide bonds. The van der Waals surface area contributed by atoms with E-state index in [-0.39, 0.29) is 18.4 Å². The van der Waals surface area contributed by atoms with Crippen molar-refractivity contribution in [1.29, 1.82) is 0 Å². The Morgan fingerprint density at radius 3 is 2.47 bits per heavy atom. The summed E-state index contributed by atoms with van der Waals surface area (Å²) in [4.78, 5) is 2.13. The Bertz CT molecular complexity index is 340. The van der Waals surface area contributed by atoms with Crippen LogP contribution in [0.3, 0.4) is 0 Å². The number of halogens is 1. The standard InChI is InChI=1S/C13H22N2O.ClH/c1-10(14)7-11-5-6-13(16-4)12(8-11)9-15(2)3;/h5-6,8,10H,7,9,14H2,1-4H3;1H. The van der Waals surface area contributed by atoms with Crippen LogP contribution in [-0.4, -0.2) is 32.1 Å². The van der Waals surface area contributed by atoms with Gasteiger partial charge in [-0.3, -0.25) is 0 Å². The molecular weight excluding hydrogens is 236 g/mol. The fourth-order valence-electron chi connectivity index (χ4n) is 1.79. The molecule has 0 bridgehead atoms. The van der Waals surface area contributed by atoms with Crippen LogP contribution in [-0.2, 0) is 13.0 Å². The largest absolute Gasteiger partial charge is 0.496 e. The van der Waals surface area contributed by atoms with Crippen LogP contribution in [0.25, 0.3) is 0 Å². The molecule has 0 aromatic heterocycles. The Kier molecular flexibility index (Phi) is 7.19. The maximum absolute atomic E-state index is 5.80. The van der Waals surface area contributed by atoms with Crippen LogP contribution in [0.2, 0.25) is 0 Å². The summed E-state index contributed by atoms with van der Waals surface area (Å²) in [5, 5.41) is 0. The SMILES string of the molecule is COc1ccc(CC(C)N)cc1CN(C)C.Cl. The molecule has 0 saturated carbocycles.